The van der Waals surface area contributed by atoms with Gasteiger partial charge in [-0.3, -0.25) is 0 Å². The molecule has 0 saturated heterocycles. The van der Waals surface area contributed by atoms with Gasteiger partial charge in [0.25, 0.3) is 0 Å². The predicted octanol–water partition coefficient (Wildman–Crippen LogP) is 3.62. The van der Waals surface area contributed by atoms with Crippen LogP contribution >= 0.6 is 0 Å². The fourth-order valence-electron chi connectivity index (χ4n) is 0.725. The van der Waals surface area contributed by atoms with Crippen LogP contribution in [0.5, 0.6) is 0 Å². The summed E-state index contributed by atoms with van der Waals surface area (Å²) in [5.41, 5.74) is 0. The van der Waals surface area contributed by atoms with Crippen LogP contribution < -0.4 is 0 Å². The van der Waals surface area contributed by atoms with E-state index in [2.05, 4.69) is 0 Å². The lowest BCUT2D eigenvalue weighted by atomic mass is 9.93. The van der Waals surface area contributed by atoms with E-state index < -0.39 is 12.6 Å². The van der Waals surface area contributed by atoms with Crippen molar-refractivity contribution in [3.63, 3.8) is 0 Å². The minimum absolute atomic E-state index is 0.164. The first-order valence-corrected chi connectivity index (χ1v) is 3.89. The Balaban J connectivity index is 3.54. The average Bonchev–Trinajstić information content (AvgIpc) is 1.80. The van der Waals surface area contributed by atoms with Crippen molar-refractivity contribution in [2.24, 2.45) is 11.8 Å². The second-order valence-electron chi connectivity index (χ2n) is 3.38. The molecule has 0 fully saturated rings. The highest BCUT2D eigenvalue weighted by atomic mass is 19.4. The molecule has 3 heteroatoms. The number of hydrogen-bond acceptors (Lipinski definition) is 0. The summed E-state index contributed by atoms with van der Waals surface area (Å²) in [4.78, 5) is 0. The van der Waals surface area contributed by atoms with Crippen LogP contribution in [0.2, 0.25) is 0 Å². The van der Waals surface area contributed by atoms with Gasteiger partial charge in [-0.25, -0.2) is 0 Å². The Labute approximate surface area is 65.8 Å². The van der Waals surface area contributed by atoms with Crippen LogP contribution in [0, 0.1) is 11.8 Å². The number of hydrogen-bond donors (Lipinski definition) is 0. The van der Waals surface area contributed by atoms with Crippen LogP contribution in [0.4, 0.5) is 13.2 Å². The third-order valence-electron chi connectivity index (χ3n) is 2.02. The molecule has 68 valence electrons. The van der Waals surface area contributed by atoms with Gasteiger partial charge in [0.1, 0.15) is 0 Å². The Hall–Kier alpha value is -0.210. The second kappa shape index (κ2) is 3.98. The monoisotopic (exact) mass is 168 g/mol. The summed E-state index contributed by atoms with van der Waals surface area (Å²) in [6, 6.07) is 0. The molecule has 11 heavy (non-hydrogen) atoms. The van der Waals surface area contributed by atoms with Crippen molar-refractivity contribution in [2.45, 2.75) is 39.8 Å². The molecule has 0 aromatic rings. The lowest BCUT2D eigenvalue weighted by Gasteiger charge is -2.15. The molecule has 0 N–H and O–H groups in total. The zero-order valence-corrected chi connectivity index (χ0v) is 7.20. The van der Waals surface area contributed by atoms with E-state index in [1.165, 1.54) is 0 Å². The first kappa shape index (κ1) is 10.8. The molecule has 0 amide bonds. The third kappa shape index (κ3) is 6.20. The van der Waals surface area contributed by atoms with Crippen LogP contribution in [0.1, 0.15) is 33.6 Å². The van der Waals surface area contributed by atoms with Crippen LogP contribution in [0.3, 0.4) is 0 Å². The molecule has 0 spiro atoms. The fraction of sp³-hybridized carbons (Fsp3) is 1.00. The summed E-state index contributed by atoms with van der Waals surface area (Å²) < 4.78 is 35.0. The molecular formula is C8H15F3. The Morgan fingerprint density at radius 2 is 1.55 bits per heavy atom. The second-order valence-corrected chi connectivity index (χ2v) is 3.38. The van der Waals surface area contributed by atoms with Crippen LogP contribution in [0.25, 0.3) is 0 Å². The fourth-order valence-corrected chi connectivity index (χ4v) is 0.725. The van der Waals surface area contributed by atoms with Crippen LogP contribution in [0.15, 0.2) is 0 Å². The number of halogens is 3. The van der Waals surface area contributed by atoms with E-state index in [1.54, 1.807) is 0 Å². The van der Waals surface area contributed by atoms with Crippen LogP contribution in [-0.2, 0) is 0 Å². The van der Waals surface area contributed by atoms with E-state index in [0.29, 0.717) is 5.92 Å². The highest BCUT2D eigenvalue weighted by molar-refractivity contribution is 4.60. The molecule has 0 radical (unpaired) electrons. The Bertz CT molecular complexity index is 104. The normalized spacial score (nSPS) is 15.5. The summed E-state index contributed by atoms with van der Waals surface area (Å²) >= 11 is 0. The molecule has 0 bridgehead atoms. The molecule has 1 atom stereocenters. The Morgan fingerprint density at radius 1 is 1.09 bits per heavy atom. The van der Waals surface area contributed by atoms with E-state index in [4.69, 9.17) is 0 Å². The number of alkyl halides is 3. The maximum absolute atomic E-state index is 11.7. The maximum Gasteiger partial charge on any atom is 0.389 e. The summed E-state index contributed by atoms with van der Waals surface area (Å²) in [7, 11) is 0. The van der Waals surface area contributed by atoms with Gasteiger partial charge < -0.3 is 0 Å². The molecular weight excluding hydrogens is 153 g/mol. The predicted molar refractivity (Wildman–Crippen MR) is 39.3 cm³/mol. The molecule has 0 rings (SSSR count). The Kier molecular flexibility index (Phi) is 3.90. The molecule has 0 saturated carbocycles. The van der Waals surface area contributed by atoms with Gasteiger partial charge in [-0.1, -0.05) is 20.8 Å². The lowest BCUT2D eigenvalue weighted by Crippen LogP contribution is -2.12. The molecule has 0 unspecified atom stereocenters. The zero-order chi connectivity index (χ0) is 9.07. The molecule has 0 aliphatic heterocycles. The van der Waals surface area contributed by atoms with Gasteiger partial charge in [0.2, 0.25) is 0 Å². The summed E-state index contributed by atoms with van der Waals surface area (Å²) in [6.07, 6.45) is -4.38. The van der Waals surface area contributed by atoms with Gasteiger partial charge >= 0.3 is 6.18 Å². The zero-order valence-electron chi connectivity index (χ0n) is 7.20. The van der Waals surface area contributed by atoms with E-state index in [1.807, 2.05) is 20.8 Å². The largest absolute Gasteiger partial charge is 0.389 e. The van der Waals surface area contributed by atoms with Gasteiger partial charge in [-0.05, 0) is 18.3 Å². The summed E-state index contributed by atoms with van der Waals surface area (Å²) in [5.74, 6) is 0.508. The third-order valence-corrected chi connectivity index (χ3v) is 2.02. The van der Waals surface area contributed by atoms with Gasteiger partial charge in [0.05, 0.1) is 0 Å². The van der Waals surface area contributed by atoms with Gasteiger partial charge in [0.15, 0.2) is 0 Å². The smallest absolute Gasteiger partial charge is 0.171 e. The van der Waals surface area contributed by atoms with Crippen molar-refractivity contribution in [3.05, 3.63) is 0 Å². The molecule has 0 heterocycles. The molecule has 0 aromatic carbocycles. The van der Waals surface area contributed by atoms with Gasteiger partial charge in [-0.15, -0.1) is 0 Å². The van der Waals surface area contributed by atoms with Crippen molar-refractivity contribution in [1.82, 2.24) is 0 Å². The molecule has 0 aliphatic carbocycles. The van der Waals surface area contributed by atoms with E-state index in [0.717, 1.165) is 0 Å². The van der Waals surface area contributed by atoms with E-state index in [-0.39, 0.29) is 12.3 Å². The number of rotatable bonds is 3. The van der Waals surface area contributed by atoms with Crippen molar-refractivity contribution in [2.75, 3.05) is 0 Å². The summed E-state index contributed by atoms with van der Waals surface area (Å²) in [5, 5.41) is 0. The van der Waals surface area contributed by atoms with Crippen molar-refractivity contribution < 1.29 is 13.2 Å². The first-order chi connectivity index (χ1) is 4.83. The summed E-state index contributed by atoms with van der Waals surface area (Å²) in [6.45, 7) is 5.75. The lowest BCUT2D eigenvalue weighted by molar-refractivity contribution is -0.137. The highest BCUT2D eigenvalue weighted by Crippen LogP contribution is 2.26. The SMILES string of the molecule is CC(C)[C@H](C)CCC(F)(F)F. The first-order valence-electron chi connectivity index (χ1n) is 3.89. The van der Waals surface area contributed by atoms with Crippen molar-refractivity contribution >= 4 is 0 Å². The molecule has 0 nitrogen and oxygen atoms in total. The maximum atomic E-state index is 11.7. The minimum Gasteiger partial charge on any atom is -0.171 e. The van der Waals surface area contributed by atoms with Crippen LogP contribution in [-0.4, -0.2) is 6.18 Å². The topological polar surface area (TPSA) is 0 Å². The van der Waals surface area contributed by atoms with Crippen molar-refractivity contribution in [1.29, 1.82) is 0 Å². The molecule has 0 aliphatic rings. The van der Waals surface area contributed by atoms with E-state index in [9.17, 15) is 13.2 Å². The Morgan fingerprint density at radius 3 is 1.82 bits per heavy atom. The van der Waals surface area contributed by atoms with E-state index >= 15 is 0 Å². The standard InChI is InChI=1S/C8H15F3/c1-6(2)7(3)4-5-8(9,10)11/h6-7H,4-5H2,1-3H3/t7-/m1/s1. The van der Waals surface area contributed by atoms with Gasteiger partial charge in [0, 0.05) is 6.42 Å². The van der Waals surface area contributed by atoms with Gasteiger partial charge in [-0.2, -0.15) is 13.2 Å². The van der Waals surface area contributed by atoms with Crippen molar-refractivity contribution in [3.8, 4) is 0 Å². The highest BCUT2D eigenvalue weighted by Gasteiger charge is 2.27. The average molecular weight is 168 g/mol. The minimum atomic E-state index is -3.98. The quantitative estimate of drug-likeness (QED) is 0.603. The molecule has 0 aromatic heterocycles.